The third-order valence-corrected chi connectivity index (χ3v) is 2.53. The van der Waals surface area contributed by atoms with Crippen LogP contribution in [0.3, 0.4) is 0 Å². The molecule has 0 aliphatic rings. The van der Waals surface area contributed by atoms with Crippen molar-refractivity contribution in [2.75, 3.05) is 5.32 Å². The van der Waals surface area contributed by atoms with Gasteiger partial charge in [-0.25, -0.2) is 4.39 Å². The summed E-state index contributed by atoms with van der Waals surface area (Å²) >= 11 is 0. The summed E-state index contributed by atoms with van der Waals surface area (Å²) in [5.74, 6) is -0.383. The Labute approximate surface area is 99.5 Å². The number of hydrogen-bond acceptors (Lipinski definition) is 3. The zero-order chi connectivity index (χ0) is 12.3. The Hall–Kier alpha value is -1.94. The van der Waals surface area contributed by atoms with Crippen LogP contribution in [0.4, 0.5) is 15.8 Å². The van der Waals surface area contributed by atoms with Gasteiger partial charge in [0.25, 0.3) is 0 Å². The van der Waals surface area contributed by atoms with Crippen molar-refractivity contribution in [3.8, 4) is 0 Å². The average molecular weight is 231 g/mol. The van der Waals surface area contributed by atoms with Gasteiger partial charge in [0.2, 0.25) is 0 Å². The van der Waals surface area contributed by atoms with Gasteiger partial charge in [-0.1, -0.05) is 18.2 Å². The van der Waals surface area contributed by atoms with Gasteiger partial charge in [0.15, 0.2) is 0 Å². The number of aromatic nitrogens is 1. The number of halogens is 1. The molecule has 0 aliphatic heterocycles. The van der Waals surface area contributed by atoms with Gasteiger partial charge in [0, 0.05) is 18.3 Å². The Bertz CT molecular complexity index is 526. The molecular formula is C13H14FN3. The zero-order valence-electron chi connectivity index (χ0n) is 9.57. The largest absolute Gasteiger partial charge is 0.354 e. The highest BCUT2D eigenvalue weighted by molar-refractivity contribution is 5.62. The third kappa shape index (κ3) is 2.60. The molecule has 0 fully saturated rings. The predicted molar refractivity (Wildman–Crippen MR) is 66.5 cm³/mol. The number of para-hydroxylation sites is 1. The number of hydrogen-bond donors (Lipinski definition) is 2. The van der Waals surface area contributed by atoms with Gasteiger partial charge >= 0.3 is 0 Å². The molecule has 0 saturated carbocycles. The van der Waals surface area contributed by atoms with Crippen LogP contribution in [0.25, 0.3) is 0 Å². The molecule has 1 aromatic heterocycles. The Kier molecular flexibility index (Phi) is 3.35. The van der Waals surface area contributed by atoms with Gasteiger partial charge in [-0.05, 0) is 18.6 Å². The molecular weight excluding hydrogens is 217 g/mol. The molecule has 0 amide bonds. The van der Waals surface area contributed by atoms with Crippen molar-refractivity contribution in [3.05, 3.63) is 53.6 Å². The maximum atomic E-state index is 13.5. The van der Waals surface area contributed by atoms with Crippen molar-refractivity contribution in [2.24, 2.45) is 5.73 Å². The molecule has 88 valence electrons. The number of anilines is 2. The highest BCUT2D eigenvalue weighted by atomic mass is 19.1. The summed E-state index contributed by atoms with van der Waals surface area (Å²) in [6.07, 6.45) is 1.58. The predicted octanol–water partition coefficient (Wildman–Crippen LogP) is 2.73. The molecule has 0 aliphatic carbocycles. The Morgan fingerprint density at radius 3 is 2.76 bits per heavy atom. The van der Waals surface area contributed by atoms with E-state index >= 15 is 0 Å². The normalized spacial score (nSPS) is 10.3. The molecule has 0 atom stereocenters. The fourth-order valence-electron chi connectivity index (χ4n) is 1.55. The van der Waals surface area contributed by atoms with E-state index in [0.29, 0.717) is 5.69 Å². The summed E-state index contributed by atoms with van der Waals surface area (Å²) in [7, 11) is 0. The standard InChI is InChI=1S/C13H14FN3/c1-9-4-2-3-5-12(9)17-10-6-11(14)13(7-15)16-8-10/h2-6,8,17H,7,15H2,1H3. The smallest absolute Gasteiger partial charge is 0.148 e. The van der Waals surface area contributed by atoms with Gasteiger partial charge in [0.1, 0.15) is 5.82 Å². The van der Waals surface area contributed by atoms with Crippen LogP contribution in [0.5, 0.6) is 0 Å². The first-order valence-corrected chi connectivity index (χ1v) is 5.38. The van der Waals surface area contributed by atoms with Crippen molar-refractivity contribution >= 4 is 11.4 Å². The lowest BCUT2D eigenvalue weighted by Crippen LogP contribution is -2.04. The fraction of sp³-hybridized carbons (Fsp3) is 0.154. The maximum Gasteiger partial charge on any atom is 0.148 e. The van der Waals surface area contributed by atoms with Crippen molar-refractivity contribution in [3.63, 3.8) is 0 Å². The summed E-state index contributed by atoms with van der Waals surface area (Å²) < 4.78 is 13.5. The lowest BCUT2D eigenvalue weighted by Gasteiger charge is -2.09. The number of nitrogens with one attached hydrogen (secondary N) is 1. The molecule has 3 nitrogen and oxygen atoms in total. The minimum absolute atomic E-state index is 0.108. The highest BCUT2D eigenvalue weighted by Crippen LogP contribution is 2.20. The van der Waals surface area contributed by atoms with Gasteiger partial charge in [-0.2, -0.15) is 0 Å². The van der Waals surface area contributed by atoms with Crippen LogP contribution in [0.15, 0.2) is 36.5 Å². The van der Waals surface area contributed by atoms with Crippen LogP contribution < -0.4 is 11.1 Å². The molecule has 4 heteroatoms. The van der Waals surface area contributed by atoms with Gasteiger partial charge < -0.3 is 11.1 Å². The molecule has 0 saturated heterocycles. The third-order valence-electron chi connectivity index (χ3n) is 2.53. The van der Waals surface area contributed by atoms with Gasteiger partial charge in [0.05, 0.1) is 17.6 Å². The quantitative estimate of drug-likeness (QED) is 0.854. The summed E-state index contributed by atoms with van der Waals surface area (Å²) in [5, 5.41) is 3.12. The van der Waals surface area contributed by atoms with E-state index in [-0.39, 0.29) is 18.1 Å². The molecule has 1 aromatic carbocycles. The SMILES string of the molecule is Cc1ccccc1Nc1cnc(CN)c(F)c1. The molecule has 2 aromatic rings. The van der Waals surface area contributed by atoms with Crippen LogP contribution in [0, 0.1) is 12.7 Å². The maximum absolute atomic E-state index is 13.5. The molecule has 2 rings (SSSR count). The first-order valence-electron chi connectivity index (χ1n) is 5.38. The molecule has 0 spiro atoms. The van der Waals surface area contributed by atoms with Crippen molar-refractivity contribution < 1.29 is 4.39 Å². The topological polar surface area (TPSA) is 50.9 Å². The summed E-state index contributed by atoms with van der Waals surface area (Å²) in [4.78, 5) is 3.96. The lowest BCUT2D eigenvalue weighted by atomic mass is 10.2. The highest BCUT2D eigenvalue weighted by Gasteiger charge is 2.04. The second-order valence-corrected chi connectivity index (χ2v) is 3.80. The first kappa shape index (κ1) is 11.5. The Morgan fingerprint density at radius 1 is 1.35 bits per heavy atom. The van der Waals surface area contributed by atoms with Crippen LogP contribution in [-0.4, -0.2) is 4.98 Å². The van der Waals surface area contributed by atoms with Crippen LogP contribution >= 0.6 is 0 Å². The van der Waals surface area contributed by atoms with E-state index in [9.17, 15) is 4.39 Å². The van der Waals surface area contributed by atoms with Gasteiger partial charge in [-0.15, -0.1) is 0 Å². The van der Waals surface area contributed by atoms with E-state index in [4.69, 9.17) is 5.73 Å². The summed E-state index contributed by atoms with van der Waals surface area (Å²) in [6.45, 7) is 2.09. The molecule has 3 N–H and O–H groups in total. The monoisotopic (exact) mass is 231 g/mol. The molecule has 0 unspecified atom stereocenters. The zero-order valence-corrected chi connectivity index (χ0v) is 9.57. The van der Waals surface area contributed by atoms with Crippen LogP contribution in [0.2, 0.25) is 0 Å². The molecule has 0 radical (unpaired) electrons. The van der Waals surface area contributed by atoms with E-state index in [1.54, 1.807) is 6.20 Å². The first-order chi connectivity index (χ1) is 8.20. The second-order valence-electron chi connectivity index (χ2n) is 3.80. The summed E-state index contributed by atoms with van der Waals surface area (Å²) in [6, 6.07) is 9.20. The van der Waals surface area contributed by atoms with E-state index in [1.165, 1.54) is 6.07 Å². The van der Waals surface area contributed by atoms with Gasteiger partial charge in [-0.3, -0.25) is 4.98 Å². The van der Waals surface area contributed by atoms with Crippen molar-refractivity contribution in [1.29, 1.82) is 0 Å². The lowest BCUT2D eigenvalue weighted by molar-refractivity contribution is 0.600. The number of rotatable bonds is 3. The Morgan fingerprint density at radius 2 is 2.12 bits per heavy atom. The molecule has 1 heterocycles. The van der Waals surface area contributed by atoms with E-state index < -0.39 is 0 Å². The molecule has 0 bridgehead atoms. The number of pyridine rings is 1. The number of aryl methyl sites for hydroxylation is 1. The van der Waals surface area contributed by atoms with Crippen molar-refractivity contribution in [1.82, 2.24) is 4.98 Å². The minimum Gasteiger partial charge on any atom is -0.354 e. The average Bonchev–Trinajstić information content (AvgIpc) is 2.32. The minimum atomic E-state index is -0.383. The second kappa shape index (κ2) is 4.93. The van der Waals surface area contributed by atoms with E-state index in [2.05, 4.69) is 10.3 Å². The Balaban J connectivity index is 2.25. The summed E-state index contributed by atoms with van der Waals surface area (Å²) in [5.41, 5.74) is 8.28. The molecule has 17 heavy (non-hydrogen) atoms. The number of nitrogens with two attached hydrogens (primary N) is 1. The van der Waals surface area contributed by atoms with Crippen LogP contribution in [0.1, 0.15) is 11.3 Å². The van der Waals surface area contributed by atoms with Crippen molar-refractivity contribution in [2.45, 2.75) is 13.5 Å². The van der Waals surface area contributed by atoms with E-state index in [0.717, 1.165) is 11.3 Å². The van der Waals surface area contributed by atoms with E-state index in [1.807, 2.05) is 31.2 Å². The van der Waals surface area contributed by atoms with Crippen LogP contribution in [-0.2, 0) is 6.54 Å². The number of nitrogens with zero attached hydrogens (tertiary/aromatic N) is 1. The number of benzene rings is 1. The fourth-order valence-corrected chi connectivity index (χ4v) is 1.55.